The predicted octanol–water partition coefficient (Wildman–Crippen LogP) is 2.63. The number of rotatable bonds is 7. The third-order valence-corrected chi connectivity index (χ3v) is 7.63. The first-order valence-electron chi connectivity index (χ1n) is 10.9. The number of nitrogens with one attached hydrogen (secondary N) is 2. The smallest absolute Gasteiger partial charge is 0.255 e. The van der Waals surface area contributed by atoms with Gasteiger partial charge in [-0.05, 0) is 56.0 Å². The molecule has 0 radical (unpaired) electrons. The zero-order valence-corrected chi connectivity index (χ0v) is 18.6. The zero-order valence-electron chi connectivity index (χ0n) is 17.7. The number of anilines is 1. The van der Waals surface area contributed by atoms with Crippen LogP contribution in [0.1, 0.15) is 46.4 Å². The second kappa shape index (κ2) is 9.81. The van der Waals surface area contributed by atoms with Gasteiger partial charge in [0.05, 0.1) is 22.3 Å². The van der Waals surface area contributed by atoms with Crippen LogP contribution in [0.15, 0.2) is 53.4 Å². The fourth-order valence-corrected chi connectivity index (χ4v) is 5.53. The number of para-hydroxylation sites is 1. The van der Waals surface area contributed by atoms with Gasteiger partial charge in [-0.2, -0.15) is 4.31 Å². The van der Waals surface area contributed by atoms with Gasteiger partial charge in [0.1, 0.15) is 0 Å². The SMILES string of the molecule is O=C(Nc1ccccc1C(=O)NCC1CCCO1)c1cccc(S(=O)(=O)N2CCCC2)c1. The highest BCUT2D eigenvalue weighted by molar-refractivity contribution is 7.89. The molecule has 170 valence electrons. The maximum Gasteiger partial charge on any atom is 0.255 e. The van der Waals surface area contributed by atoms with Crippen LogP contribution in [0.25, 0.3) is 0 Å². The lowest BCUT2D eigenvalue weighted by atomic mass is 10.1. The highest BCUT2D eigenvalue weighted by Gasteiger charge is 2.27. The Morgan fingerprint density at radius 2 is 1.78 bits per heavy atom. The lowest BCUT2D eigenvalue weighted by Gasteiger charge is -2.16. The van der Waals surface area contributed by atoms with E-state index in [-0.39, 0.29) is 22.5 Å². The molecule has 9 heteroatoms. The maximum absolute atomic E-state index is 12.9. The Balaban J connectivity index is 1.48. The van der Waals surface area contributed by atoms with Gasteiger partial charge < -0.3 is 15.4 Å². The van der Waals surface area contributed by atoms with Gasteiger partial charge in [0.25, 0.3) is 11.8 Å². The van der Waals surface area contributed by atoms with Crippen LogP contribution in [-0.2, 0) is 14.8 Å². The van der Waals surface area contributed by atoms with Crippen molar-refractivity contribution in [1.29, 1.82) is 0 Å². The molecule has 2 aliphatic heterocycles. The van der Waals surface area contributed by atoms with E-state index in [2.05, 4.69) is 10.6 Å². The predicted molar refractivity (Wildman–Crippen MR) is 120 cm³/mol. The summed E-state index contributed by atoms with van der Waals surface area (Å²) in [6.07, 6.45) is 3.59. The van der Waals surface area contributed by atoms with E-state index in [0.717, 1.165) is 25.7 Å². The lowest BCUT2D eigenvalue weighted by molar-refractivity contribution is 0.0858. The van der Waals surface area contributed by atoms with E-state index in [1.807, 2.05) is 0 Å². The summed E-state index contributed by atoms with van der Waals surface area (Å²) < 4.78 is 32.6. The van der Waals surface area contributed by atoms with Crippen LogP contribution in [0, 0.1) is 0 Å². The van der Waals surface area contributed by atoms with Crippen molar-refractivity contribution in [2.24, 2.45) is 0 Å². The van der Waals surface area contributed by atoms with E-state index in [1.165, 1.54) is 16.4 Å². The normalized spacial score (nSPS) is 19.1. The van der Waals surface area contributed by atoms with Crippen LogP contribution < -0.4 is 10.6 Å². The number of amides is 2. The molecule has 2 heterocycles. The number of carbonyl (C=O) groups excluding carboxylic acids is 2. The third kappa shape index (κ3) is 5.01. The fourth-order valence-electron chi connectivity index (χ4n) is 3.97. The monoisotopic (exact) mass is 457 g/mol. The van der Waals surface area contributed by atoms with Gasteiger partial charge in [-0.25, -0.2) is 8.42 Å². The summed E-state index contributed by atoms with van der Waals surface area (Å²) in [5, 5.41) is 5.60. The summed E-state index contributed by atoms with van der Waals surface area (Å²) in [4.78, 5) is 25.6. The van der Waals surface area contributed by atoms with Crippen molar-refractivity contribution in [3.05, 3.63) is 59.7 Å². The molecule has 2 aromatic carbocycles. The second-order valence-electron chi connectivity index (χ2n) is 7.98. The molecule has 4 rings (SSSR count). The Morgan fingerprint density at radius 3 is 2.53 bits per heavy atom. The minimum absolute atomic E-state index is 0.0148. The van der Waals surface area contributed by atoms with Gasteiger partial charge >= 0.3 is 0 Å². The first kappa shape index (κ1) is 22.4. The molecule has 1 unspecified atom stereocenters. The van der Waals surface area contributed by atoms with Gasteiger partial charge in [-0.15, -0.1) is 0 Å². The van der Waals surface area contributed by atoms with Crippen molar-refractivity contribution >= 4 is 27.5 Å². The molecule has 2 aliphatic rings. The summed E-state index contributed by atoms with van der Waals surface area (Å²) in [6, 6.07) is 12.7. The number of nitrogens with zero attached hydrogens (tertiary/aromatic N) is 1. The number of benzene rings is 2. The van der Waals surface area contributed by atoms with Crippen LogP contribution in [0.4, 0.5) is 5.69 Å². The number of hydrogen-bond donors (Lipinski definition) is 2. The molecular weight excluding hydrogens is 430 g/mol. The van der Waals surface area contributed by atoms with Crippen molar-refractivity contribution in [1.82, 2.24) is 9.62 Å². The Hall–Kier alpha value is -2.75. The van der Waals surface area contributed by atoms with Crippen molar-refractivity contribution in [3.63, 3.8) is 0 Å². The third-order valence-electron chi connectivity index (χ3n) is 5.73. The van der Waals surface area contributed by atoms with E-state index >= 15 is 0 Å². The summed E-state index contributed by atoms with van der Waals surface area (Å²) in [6.45, 7) is 2.11. The van der Waals surface area contributed by atoms with Gasteiger partial charge in [0.15, 0.2) is 0 Å². The largest absolute Gasteiger partial charge is 0.376 e. The molecule has 2 N–H and O–H groups in total. The van der Waals surface area contributed by atoms with Gasteiger partial charge in [0, 0.05) is 31.8 Å². The number of ether oxygens (including phenoxy) is 1. The molecule has 2 fully saturated rings. The van der Waals surface area contributed by atoms with E-state index in [9.17, 15) is 18.0 Å². The molecule has 2 amide bonds. The van der Waals surface area contributed by atoms with Gasteiger partial charge in [-0.3, -0.25) is 9.59 Å². The Kier molecular flexibility index (Phi) is 6.88. The van der Waals surface area contributed by atoms with Crippen molar-refractivity contribution in [3.8, 4) is 0 Å². The standard InChI is InChI=1S/C23H27N3O5S/c27-22(17-7-5-9-19(15-17)32(29,30)26-12-3-4-13-26)25-21-11-2-1-10-20(21)23(28)24-16-18-8-6-14-31-18/h1-2,5,7,9-11,15,18H,3-4,6,8,12-14,16H2,(H,24,28)(H,25,27). The molecule has 8 nitrogen and oxygen atoms in total. The van der Waals surface area contributed by atoms with E-state index in [4.69, 9.17) is 4.74 Å². The molecule has 0 aromatic heterocycles. The minimum Gasteiger partial charge on any atom is -0.376 e. The van der Waals surface area contributed by atoms with Crippen molar-refractivity contribution in [2.75, 3.05) is 31.6 Å². The summed E-state index contributed by atoms with van der Waals surface area (Å²) in [5.74, 6) is -0.787. The molecule has 1 atom stereocenters. The molecule has 32 heavy (non-hydrogen) atoms. The van der Waals surface area contributed by atoms with E-state index < -0.39 is 15.9 Å². The topological polar surface area (TPSA) is 105 Å². The minimum atomic E-state index is -3.63. The zero-order chi connectivity index (χ0) is 22.6. The number of hydrogen-bond acceptors (Lipinski definition) is 5. The molecule has 2 aromatic rings. The van der Waals surface area contributed by atoms with Crippen molar-refractivity contribution < 1.29 is 22.7 Å². The van der Waals surface area contributed by atoms with Crippen molar-refractivity contribution in [2.45, 2.75) is 36.7 Å². The second-order valence-corrected chi connectivity index (χ2v) is 9.92. The van der Waals surface area contributed by atoms with Crippen LogP contribution in [0.5, 0.6) is 0 Å². The van der Waals surface area contributed by atoms with Crippen LogP contribution in [0.2, 0.25) is 0 Å². The molecule has 0 spiro atoms. The van der Waals surface area contributed by atoms with Gasteiger partial charge in [0.2, 0.25) is 10.0 Å². The molecule has 0 saturated carbocycles. The average molecular weight is 458 g/mol. The van der Waals surface area contributed by atoms with Gasteiger partial charge in [-0.1, -0.05) is 18.2 Å². The van der Waals surface area contributed by atoms with Crippen LogP contribution in [0.3, 0.4) is 0 Å². The average Bonchev–Trinajstić information content (AvgIpc) is 3.52. The highest BCUT2D eigenvalue weighted by Crippen LogP contribution is 2.23. The molecule has 0 aliphatic carbocycles. The fraction of sp³-hybridized carbons (Fsp3) is 0.391. The first-order chi connectivity index (χ1) is 15.4. The Morgan fingerprint density at radius 1 is 1.00 bits per heavy atom. The molecular formula is C23H27N3O5S. The highest BCUT2D eigenvalue weighted by atomic mass is 32.2. The van der Waals surface area contributed by atoms with Crippen LogP contribution in [-0.4, -0.2) is 56.9 Å². The molecule has 2 saturated heterocycles. The molecule has 0 bridgehead atoms. The first-order valence-corrected chi connectivity index (χ1v) is 12.3. The lowest BCUT2D eigenvalue weighted by Crippen LogP contribution is -2.32. The van der Waals surface area contributed by atoms with E-state index in [0.29, 0.717) is 37.5 Å². The Labute approximate surface area is 188 Å². The number of carbonyl (C=O) groups is 2. The summed E-state index contributed by atoms with van der Waals surface area (Å²) >= 11 is 0. The quantitative estimate of drug-likeness (QED) is 0.665. The Bertz CT molecular complexity index is 1090. The van der Waals surface area contributed by atoms with Crippen LogP contribution >= 0.6 is 0 Å². The van der Waals surface area contributed by atoms with E-state index in [1.54, 1.807) is 36.4 Å². The maximum atomic E-state index is 12.9. The summed E-state index contributed by atoms with van der Waals surface area (Å²) in [7, 11) is -3.63. The number of sulfonamides is 1. The summed E-state index contributed by atoms with van der Waals surface area (Å²) in [5.41, 5.74) is 0.898.